The number of carboxylic acids is 2. The highest BCUT2D eigenvalue weighted by Crippen LogP contribution is 2.30. The van der Waals surface area contributed by atoms with E-state index in [9.17, 15) is 69.0 Å². The molecule has 2 fully saturated rings. The molecule has 4 aliphatic heterocycles. The van der Waals surface area contributed by atoms with Crippen LogP contribution in [0.3, 0.4) is 0 Å². The number of aliphatic hydroxyl groups excluding tert-OH is 4. The number of nitrogens with one attached hydrogen (secondary N) is 2. The fraction of sp³-hybridized carbons (Fsp3) is 0.585. The minimum Gasteiger partial charge on any atom is -0.491 e. The molecule has 0 bridgehead atoms. The highest BCUT2D eigenvalue weighted by atomic mass is 16.6. The van der Waals surface area contributed by atoms with Gasteiger partial charge in [0.1, 0.15) is 31.2 Å². The number of terminal acetylenes is 1. The second kappa shape index (κ2) is 34.5. The summed E-state index contributed by atoms with van der Waals surface area (Å²) >= 11 is 0. The number of benzene rings is 1. The Hall–Kier alpha value is -8.76. The molecule has 6 amide bonds. The Labute approximate surface area is 504 Å². The van der Waals surface area contributed by atoms with Crippen LogP contribution in [0.4, 0.5) is 9.59 Å². The van der Waals surface area contributed by atoms with E-state index < -0.39 is 145 Å². The Bertz CT molecular complexity index is 2600. The molecule has 2 saturated heterocycles. The van der Waals surface area contributed by atoms with Crippen molar-refractivity contribution in [2.24, 2.45) is 32.9 Å². The van der Waals surface area contributed by atoms with Gasteiger partial charge in [0.15, 0.2) is 36.3 Å². The molecule has 1 aromatic carbocycles. The zero-order chi connectivity index (χ0) is 64.6. The van der Waals surface area contributed by atoms with Crippen molar-refractivity contribution < 1.29 is 112 Å². The second-order valence-corrected chi connectivity index (χ2v) is 19.8. The normalized spacial score (nSPS) is 21.4. The summed E-state index contributed by atoms with van der Waals surface area (Å²) in [6, 6.07) is -1.15. The van der Waals surface area contributed by atoms with E-state index in [4.69, 9.17) is 72.0 Å². The van der Waals surface area contributed by atoms with Crippen LogP contribution in [-0.4, -0.2) is 296 Å². The molecule has 1 aromatic rings. The van der Waals surface area contributed by atoms with Crippen molar-refractivity contribution in [3.8, 4) is 18.1 Å². The van der Waals surface area contributed by atoms with Crippen molar-refractivity contribution in [1.82, 2.24) is 30.2 Å². The summed E-state index contributed by atoms with van der Waals surface area (Å²) in [5, 5.41) is 66.7. The first-order valence-corrected chi connectivity index (χ1v) is 27.5. The molecule has 35 heteroatoms. The van der Waals surface area contributed by atoms with Gasteiger partial charge < -0.3 is 126 Å². The number of aliphatic carboxylic acids is 2. The van der Waals surface area contributed by atoms with Crippen LogP contribution in [0.1, 0.15) is 34.6 Å². The number of aliphatic hydroxyl groups is 4. The van der Waals surface area contributed by atoms with Gasteiger partial charge in [0.05, 0.1) is 83.6 Å². The number of nitrogens with two attached hydrogens (primary N) is 4. The standard InChI is InChI=1S/C53H76N12O23/c1-4-13-80-14-15-81-16-17-82-18-19-83-20-21-84-33-23-31(46(72)62-5-9-64(10-6-62)52(78)87-42(36(70)27-66)44-40(58-29(2)68)34(60-50(54)55)25-38(85-44)48(74)75)22-32(24-33)47(73)63-7-11-65(12-8-63)53(79)88-43(37(71)28-67)45-41(59-30(3)69)35(61-51(56)57)26-39(86-45)49(76)77/h1,22-26,34-37,40-45,66-67,70-71H,5-21,27-28H2,2-3H3,(H,58,68)(H,59,69)(H,74,75)(H,76,77)(H4,54,55,60)(H4,56,57,61)/t34-,35-,36+,37+,40+,41+,42+,43+,44+,45+/m0/s1. The number of ether oxygens (including phenoxy) is 9. The van der Waals surface area contributed by atoms with Crippen molar-refractivity contribution in [1.29, 1.82) is 0 Å². The van der Waals surface area contributed by atoms with Gasteiger partial charge >= 0.3 is 24.1 Å². The maximum absolute atomic E-state index is 14.4. The smallest absolute Gasteiger partial charge is 0.410 e. The van der Waals surface area contributed by atoms with Crippen molar-refractivity contribution in [3.63, 3.8) is 0 Å². The monoisotopic (exact) mass is 1250 g/mol. The summed E-state index contributed by atoms with van der Waals surface area (Å²) in [5.74, 6) is -5.72. The van der Waals surface area contributed by atoms with E-state index in [-0.39, 0.29) is 102 Å². The largest absolute Gasteiger partial charge is 0.491 e. The summed E-state index contributed by atoms with van der Waals surface area (Å²) in [7, 11) is 0. The third-order valence-electron chi connectivity index (χ3n) is 13.5. The Morgan fingerprint density at radius 2 is 0.943 bits per heavy atom. The minimum atomic E-state index is -1.90. The summed E-state index contributed by atoms with van der Waals surface area (Å²) in [6.07, 6.45) is -5.86. The molecule has 0 saturated carbocycles. The maximum Gasteiger partial charge on any atom is 0.410 e. The molecule has 88 heavy (non-hydrogen) atoms. The van der Waals surface area contributed by atoms with Crippen molar-refractivity contribution >= 4 is 59.7 Å². The molecule has 35 nitrogen and oxygen atoms in total. The number of rotatable bonds is 30. The summed E-state index contributed by atoms with van der Waals surface area (Å²) in [6.45, 7) is 0.958. The number of guanidine groups is 2. The topological polar surface area (TPSA) is 507 Å². The van der Waals surface area contributed by atoms with E-state index >= 15 is 0 Å². The van der Waals surface area contributed by atoms with Crippen LogP contribution < -0.4 is 38.3 Å². The molecule has 0 unspecified atom stereocenters. The third kappa shape index (κ3) is 20.7. The third-order valence-corrected chi connectivity index (χ3v) is 13.5. The quantitative estimate of drug-likeness (QED) is 0.0148. The first-order chi connectivity index (χ1) is 42.0. The molecule has 486 valence electrons. The van der Waals surface area contributed by atoms with Gasteiger partial charge in [-0.2, -0.15) is 0 Å². The lowest BCUT2D eigenvalue weighted by Crippen LogP contribution is -2.61. The van der Waals surface area contributed by atoms with Gasteiger partial charge in [-0.15, -0.1) is 6.42 Å². The summed E-state index contributed by atoms with van der Waals surface area (Å²) in [5.41, 5.74) is 22.3. The maximum atomic E-state index is 14.4. The van der Waals surface area contributed by atoms with E-state index in [1.54, 1.807) is 0 Å². The molecule has 10 atom stereocenters. The zero-order valence-corrected chi connectivity index (χ0v) is 48.3. The lowest BCUT2D eigenvalue weighted by Gasteiger charge is -2.41. The molecule has 0 aliphatic carbocycles. The average molecular weight is 1250 g/mol. The van der Waals surface area contributed by atoms with Crippen LogP contribution in [0, 0.1) is 12.3 Å². The van der Waals surface area contributed by atoms with E-state index in [0.29, 0.717) is 26.4 Å². The fourth-order valence-electron chi connectivity index (χ4n) is 9.40. The van der Waals surface area contributed by atoms with Crippen LogP contribution in [-0.2, 0) is 57.1 Å². The number of piperazine rings is 2. The van der Waals surface area contributed by atoms with Crippen LogP contribution in [0.5, 0.6) is 5.75 Å². The SMILES string of the molecule is C#CCOCCOCCOCCOCCOc1cc(C(=O)N2CCN(C(=O)O[C@@H]([C@@H]3OC(C(=O)O)=C[C@H](N=C(N)N)[C@H]3NC(C)=O)[C@H](O)CO)CC2)cc(C(=O)N2CCN(C(=O)O[C@@H]([C@@H]3OC(C(=O)O)=C[C@H](N=C(N)N)[C@H]3NC(C)=O)[C@H](O)CO)CC2)c1. The van der Waals surface area contributed by atoms with Crippen molar-refractivity contribution in [2.75, 3.05) is 125 Å². The molecule has 0 spiro atoms. The van der Waals surface area contributed by atoms with Gasteiger partial charge in [-0.1, -0.05) is 5.92 Å². The molecular weight excluding hydrogens is 1170 g/mol. The first kappa shape index (κ1) is 70.0. The molecule has 16 N–H and O–H groups in total. The van der Waals surface area contributed by atoms with Crippen LogP contribution in [0.25, 0.3) is 0 Å². The number of hydrogen-bond donors (Lipinski definition) is 12. The van der Waals surface area contributed by atoms with Gasteiger partial charge in [0, 0.05) is 77.3 Å². The summed E-state index contributed by atoms with van der Waals surface area (Å²) in [4.78, 5) is 118. The number of carbonyl (C=O) groups is 8. The lowest BCUT2D eigenvalue weighted by molar-refractivity contribution is -0.148. The number of aliphatic imine (C=N–C) groups is 2. The van der Waals surface area contributed by atoms with Gasteiger partial charge in [-0.3, -0.25) is 19.2 Å². The molecule has 0 radical (unpaired) electrons. The molecule has 0 aromatic heterocycles. The van der Waals surface area contributed by atoms with Gasteiger partial charge in [-0.05, 0) is 30.4 Å². The predicted molar refractivity (Wildman–Crippen MR) is 301 cm³/mol. The number of carbonyl (C=O) groups excluding carboxylic acids is 6. The number of carboxylic acid groups (broad SMARTS) is 2. The fourth-order valence-corrected chi connectivity index (χ4v) is 9.40. The number of hydrogen-bond acceptors (Lipinski definition) is 23. The second-order valence-electron chi connectivity index (χ2n) is 19.8. The first-order valence-electron chi connectivity index (χ1n) is 27.5. The van der Waals surface area contributed by atoms with Crippen LogP contribution >= 0.6 is 0 Å². The Kier molecular flexibility index (Phi) is 27.5. The summed E-state index contributed by atoms with van der Waals surface area (Å²) < 4.78 is 50.3. The molecule has 4 heterocycles. The van der Waals surface area contributed by atoms with E-state index in [1.807, 2.05) is 0 Å². The van der Waals surface area contributed by atoms with Gasteiger partial charge in [0.2, 0.25) is 23.3 Å². The Balaban J connectivity index is 1.29. The van der Waals surface area contributed by atoms with Crippen molar-refractivity contribution in [2.45, 2.75) is 74.6 Å². The van der Waals surface area contributed by atoms with E-state index in [2.05, 4.69) is 26.5 Å². The Morgan fingerprint density at radius 3 is 1.27 bits per heavy atom. The molecule has 4 aliphatic rings. The molecular formula is C53H76N12O23. The molecule has 5 rings (SSSR count). The number of amides is 6. The van der Waals surface area contributed by atoms with Gasteiger partial charge in [0.25, 0.3) is 11.8 Å². The average Bonchev–Trinajstić information content (AvgIpc) is 2.85. The Morgan fingerprint density at radius 1 is 0.591 bits per heavy atom. The van der Waals surface area contributed by atoms with E-state index in [0.717, 1.165) is 26.0 Å². The van der Waals surface area contributed by atoms with Crippen LogP contribution in [0.2, 0.25) is 0 Å². The highest BCUT2D eigenvalue weighted by molar-refractivity contribution is 6.00. The number of nitrogens with zero attached hydrogens (tertiary/aromatic N) is 6. The predicted octanol–water partition coefficient (Wildman–Crippen LogP) is -5.97. The highest BCUT2D eigenvalue weighted by Gasteiger charge is 2.49. The lowest BCUT2D eigenvalue weighted by atomic mass is 9.92. The van der Waals surface area contributed by atoms with Gasteiger partial charge in [-0.25, -0.2) is 29.2 Å². The van der Waals surface area contributed by atoms with Crippen molar-refractivity contribution in [3.05, 3.63) is 53.0 Å². The van der Waals surface area contributed by atoms with E-state index in [1.165, 1.54) is 37.8 Å². The van der Waals surface area contributed by atoms with Crippen LogP contribution in [0.15, 0.2) is 51.9 Å². The minimum absolute atomic E-state index is 0.0144. The zero-order valence-electron chi connectivity index (χ0n) is 48.3.